The Labute approximate surface area is 99.3 Å². The minimum absolute atomic E-state index is 0.591. The van der Waals surface area contributed by atoms with Gasteiger partial charge in [0.1, 0.15) is 0 Å². The Morgan fingerprint density at radius 3 is 2.69 bits per heavy atom. The summed E-state index contributed by atoms with van der Waals surface area (Å²) in [5.74, 6) is 1.72. The van der Waals surface area contributed by atoms with E-state index in [1.165, 1.54) is 45.4 Å². The van der Waals surface area contributed by atoms with Gasteiger partial charge in [-0.2, -0.15) is 0 Å². The van der Waals surface area contributed by atoms with Crippen LogP contribution in [0.25, 0.3) is 0 Å². The summed E-state index contributed by atoms with van der Waals surface area (Å²) in [5.41, 5.74) is 0.591. The third-order valence-corrected chi connectivity index (χ3v) is 4.38. The largest absolute Gasteiger partial charge is 0.385 e. The maximum atomic E-state index is 5.17. The van der Waals surface area contributed by atoms with Gasteiger partial charge in [-0.15, -0.1) is 0 Å². The van der Waals surface area contributed by atoms with E-state index in [1.54, 1.807) is 7.11 Å². The van der Waals surface area contributed by atoms with Gasteiger partial charge in [-0.1, -0.05) is 6.92 Å². The van der Waals surface area contributed by atoms with E-state index in [1.807, 2.05) is 0 Å². The lowest BCUT2D eigenvalue weighted by Crippen LogP contribution is -2.48. The summed E-state index contributed by atoms with van der Waals surface area (Å²) in [7, 11) is 1.80. The zero-order valence-corrected chi connectivity index (χ0v) is 10.7. The van der Waals surface area contributed by atoms with Crippen molar-refractivity contribution in [3.8, 4) is 0 Å². The van der Waals surface area contributed by atoms with Gasteiger partial charge >= 0.3 is 0 Å². The predicted octanol–water partition coefficient (Wildman–Crippen LogP) is 1.25. The molecule has 0 amide bonds. The van der Waals surface area contributed by atoms with Crippen molar-refractivity contribution in [1.29, 1.82) is 0 Å². The second kappa shape index (κ2) is 5.48. The molecule has 1 unspecified atom stereocenters. The zero-order chi connectivity index (χ0) is 11.4. The molecule has 2 rings (SSSR count). The van der Waals surface area contributed by atoms with Gasteiger partial charge in [0.15, 0.2) is 0 Å². The first-order valence-electron chi connectivity index (χ1n) is 6.66. The highest BCUT2D eigenvalue weighted by Crippen LogP contribution is 2.48. The molecule has 1 heterocycles. The van der Waals surface area contributed by atoms with Gasteiger partial charge in [-0.3, -0.25) is 0 Å². The fourth-order valence-corrected chi connectivity index (χ4v) is 2.46. The Bertz CT molecular complexity index is 212. The fourth-order valence-electron chi connectivity index (χ4n) is 2.46. The molecule has 0 aromatic heterocycles. The Morgan fingerprint density at radius 2 is 2.19 bits per heavy atom. The first-order valence-corrected chi connectivity index (χ1v) is 6.66. The van der Waals surface area contributed by atoms with E-state index in [-0.39, 0.29) is 0 Å². The lowest BCUT2D eigenvalue weighted by molar-refractivity contribution is 0.169. The molecule has 2 aliphatic rings. The summed E-state index contributed by atoms with van der Waals surface area (Å²) in [6.45, 7) is 8.11. The second-order valence-electron chi connectivity index (χ2n) is 5.77. The highest BCUT2D eigenvalue weighted by Gasteiger charge is 2.41. The van der Waals surface area contributed by atoms with E-state index in [9.17, 15) is 0 Å². The molecule has 2 fully saturated rings. The summed E-state index contributed by atoms with van der Waals surface area (Å²) in [6, 6.07) is 0. The molecule has 1 aliphatic heterocycles. The van der Waals surface area contributed by atoms with E-state index in [2.05, 4.69) is 17.6 Å². The summed E-state index contributed by atoms with van der Waals surface area (Å²) in [6.07, 6.45) is 4.02. The van der Waals surface area contributed by atoms with Crippen LogP contribution in [-0.4, -0.2) is 39.9 Å². The maximum absolute atomic E-state index is 5.17. The third-order valence-electron chi connectivity index (χ3n) is 4.38. The van der Waals surface area contributed by atoms with Gasteiger partial charge < -0.3 is 15.4 Å². The molecule has 2 N–H and O–H groups in total. The summed E-state index contributed by atoms with van der Waals surface area (Å²) in [4.78, 5) is 0. The highest BCUT2D eigenvalue weighted by molar-refractivity contribution is 4.95. The number of ether oxygens (including phenoxy) is 1. The van der Waals surface area contributed by atoms with Gasteiger partial charge in [0.05, 0.1) is 0 Å². The molecule has 0 aromatic carbocycles. The molecule has 3 nitrogen and oxygen atoms in total. The van der Waals surface area contributed by atoms with Crippen molar-refractivity contribution in [2.75, 3.05) is 39.9 Å². The predicted molar refractivity (Wildman–Crippen MR) is 66.6 cm³/mol. The molecule has 0 spiro atoms. The third kappa shape index (κ3) is 3.19. The van der Waals surface area contributed by atoms with E-state index in [0.29, 0.717) is 5.41 Å². The molecule has 1 atom stereocenters. The molecular weight excluding hydrogens is 200 g/mol. The van der Waals surface area contributed by atoms with Crippen molar-refractivity contribution in [2.24, 2.45) is 17.3 Å². The molecule has 16 heavy (non-hydrogen) atoms. The summed E-state index contributed by atoms with van der Waals surface area (Å²) in [5, 5.41) is 7.01. The molecule has 0 bridgehead atoms. The highest BCUT2D eigenvalue weighted by atomic mass is 16.5. The van der Waals surface area contributed by atoms with E-state index >= 15 is 0 Å². The average molecular weight is 226 g/mol. The molecule has 0 radical (unpaired) electrons. The molecule has 1 saturated heterocycles. The van der Waals surface area contributed by atoms with Crippen molar-refractivity contribution in [3.05, 3.63) is 0 Å². The summed E-state index contributed by atoms with van der Waals surface area (Å²) >= 11 is 0. The van der Waals surface area contributed by atoms with Crippen molar-refractivity contribution in [3.63, 3.8) is 0 Å². The standard InChI is InChI=1S/C13H26N2O/c1-11(12-8-14-9-12)7-15-10-13(3-4-13)5-6-16-2/h11-12,14-15H,3-10H2,1-2H3. The van der Waals surface area contributed by atoms with Crippen LogP contribution in [0.5, 0.6) is 0 Å². The minimum atomic E-state index is 0.591. The number of rotatable bonds is 8. The molecular formula is C13H26N2O. The van der Waals surface area contributed by atoms with Crippen LogP contribution in [0.4, 0.5) is 0 Å². The van der Waals surface area contributed by atoms with Gasteiger partial charge in [-0.05, 0) is 56.1 Å². The number of hydrogen-bond donors (Lipinski definition) is 2. The van der Waals surface area contributed by atoms with E-state index < -0.39 is 0 Å². The van der Waals surface area contributed by atoms with Crippen LogP contribution >= 0.6 is 0 Å². The van der Waals surface area contributed by atoms with Crippen LogP contribution in [0.3, 0.4) is 0 Å². The molecule has 3 heteroatoms. The zero-order valence-electron chi connectivity index (χ0n) is 10.7. The monoisotopic (exact) mass is 226 g/mol. The molecule has 1 saturated carbocycles. The Morgan fingerprint density at radius 1 is 1.44 bits per heavy atom. The van der Waals surface area contributed by atoms with Gasteiger partial charge in [0, 0.05) is 20.3 Å². The quantitative estimate of drug-likeness (QED) is 0.653. The lowest BCUT2D eigenvalue weighted by Gasteiger charge is -2.33. The van der Waals surface area contributed by atoms with Crippen LogP contribution in [-0.2, 0) is 4.74 Å². The SMILES string of the molecule is COCCC1(CNCC(C)C2CNC2)CC1. The number of hydrogen-bond acceptors (Lipinski definition) is 3. The van der Waals surface area contributed by atoms with Crippen molar-refractivity contribution in [1.82, 2.24) is 10.6 Å². The smallest absolute Gasteiger partial charge is 0.0468 e. The topological polar surface area (TPSA) is 33.3 Å². The normalized spacial score (nSPS) is 25.1. The van der Waals surface area contributed by atoms with Crippen molar-refractivity contribution in [2.45, 2.75) is 26.2 Å². The number of methoxy groups -OCH3 is 1. The first-order chi connectivity index (χ1) is 7.76. The summed E-state index contributed by atoms with van der Waals surface area (Å²) < 4.78 is 5.17. The first kappa shape index (κ1) is 12.3. The van der Waals surface area contributed by atoms with Gasteiger partial charge in [0.25, 0.3) is 0 Å². The Kier molecular flexibility index (Phi) is 4.22. The second-order valence-corrected chi connectivity index (χ2v) is 5.77. The average Bonchev–Trinajstić information content (AvgIpc) is 2.93. The Hall–Kier alpha value is -0.120. The van der Waals surface area contributed by atoms with Gasteiger partial charge in [0.2, 0.25) is 0 Å². The van der Waals surface area contributed by atoms with Crippen LogP contribution in [0, 0.1) is 17.3 Å². The number of nitrogens with one attached hydrogen (secondary N) is 2. The van der Waals surface area contributed by atoms with Crippen molar-refractivity contribution >= 4 is 0 Å². The molecule has 94 valence electrons. The van der Waals surface area contributed by atoms with Crippen LogP contribution in [0.2, 0.25) is 0 Å². The molecule has 1 aliphatic carbocycles. The van der Waals surface area contributed by atoms with Gasteiger partial charge in [-0.25, -0.2) is 0 Å². The van der Waals surface area contributed by atoms with Crippen molar-refractivity contribution < 1.29 is 4.74 Å². The van der Waals surface area contributed by atoms with E-state index in [4.69, 9.17) is 4.74 Å². The minimum Gasteiger partial charge on any atom is -0.385 e. The van der Waals surface area contributed by atoms with Crippen LogP contribution in [0.15, 0.2) is 0 Å². The maximum Gasteiger partial charge on any atom is 0.0468 e. The lowest BCUT2D eigenvalue weighted by atomic mass is 9.89. The van der Waals surface area contributed by atoms with Crippen LogP contribution < -0.4 is 10.6 Å². The fraction of sp³-hybridized carbons (Fsp3) is 1.00. The Balaban J connectivity index is 1.56. The van der Waals surface area contributed by atoms with E-state index in [0.717, 1.165) is 18.4 Å². The molecule has 0 aromatic rings. The van der Waals surface area contributed by atoms with Crippen LogP contribution in [0.1, 0.15) is 26.2 Å².